The molecule has 1 saturated carbocycles. The van der Waals surface area contributed by atoms with Gasteiger partial charge in [0.2, 0.25) is 11.8 Å². The number of carbonyl (C=O) groups is 2. The molecule has 0 spiro atoms. The molecular formula is C36H42FN7O5S. The van der Waals surface area contributed by atoms with Crippen LogP contribution in [0, 0.1) is 31.0 Å². The quantitative estimate of drug-likeness (QED) is 0.100. The molecule has 2 heterocycles. The molecule has 2 N–H and O–H groups in total. The Kier molecular flexibility index (Phi) is 12.8. The molecule has 1 aliphatic carbocycles. The molecule has 12 nitrogen and oxygen atoms in total. The van der Waals surface area contributed by atoms with Gasteiger partial charge in [0, 0.05) is 42.1 Å². The van der Waals surface area contributed by atoms with Crippen LogP contribution in [0.25, 0.3) is 16.6 Å². The third-order valence-corrected chi connectivity index (χ3v) is 9.10. The fourth-order valence-electron chi connectivity index (χ4n) is 5.37. The summed E-state index contributed by atoms with van der Waals surface area (Å²) in [4.78, 5) is 65.9. The molecule has 5 rings (SSSR count). The summed E-state index contributed by atoms with van der Waals surface area (Å²) in [5.41, 5.74) is 2.80. The van der Waals surface area contributed by atoms with Crippen molar-refractivity contribution in [3.05, 3.63) is 96.8 Å². The molecule has 4 aromatic rings. The normalized spacial score (nSPS) is 12.1. The summed E-state index contributed by atoms with van der Waals surface area (Å²) in [7, 11) is 0. The third-order valence-electron chi connectivity index (χ3n) is 7.98. The van der Waals surface area contributed by atoms with E-state index in [0.29, 0.717) is 54.8 Å². The molecule has 0 aliphatic heterocycles. The second kappa shape index (κ2) is 17.0. The van der Waals surface area contributed by atoms with Crippen molar-refractivity contribution < 1.29 is 14.0 Å². The van der Waals surface area contributed by atoms with E-state index in [2.05, 4.69) is 10.7 Å². The van der Waals surface area contributed by atoms with E-state index in [4.69, 9.17) is 5.26 Å². The number of hydrogen-bond donors (Lipinski definition) is 2. The number of nitrogens with one attached hydrogen (secondary N) is 2. The molecule has 14 heteroatoms. The zero-order chi connectivity index (χ0) is 36.5. The molecule has 0 radical (unpaired) electrons. The number of fused-ring (bicyclic) bond motifs is 1. The highest BCUT2D eigenvalue weighted by Crippen LogP contribution is 2.33. The van der Waals surface area contributed by atoms with Gasteiger partial charge >= 0.3 is 5.69 Å². The van der Waals surface area contributed by atoms with Crippen molar-refractivity contribution in [2.45, 2.75) is 79.2 Å². The molecule has 2 amide bonds. The average Bonchev–Trinajstić information content (AvgIpc) is 3.94. The van der Waals surface area contributed by atoms with Crippen LogP contribution >= 0.6 is 11.9 Å². The number of carbonyl (C=O) groups excluding carboxylic acids is 2. The number of nitrogens with zero attached hydrogens (tertiary/aromatic N) is 5. The molecule has 2 aromatic heterocycles. The Labute approximate surface area is 293 Å². The molecule has 2 aromatic carbocycles. The standard InChI is InChI=1S/C34H36FN7O5S.C2H6/c1-4-30(44)40(16-15-36)48-17-6-5-10-29(43)37-23-8-7-9-25(19-23)41-31-22(3)32(45)39(38-28-14-11-21(2)18-27(28)35)20-26(31)33(46)42(34(41)47)24-12-13-24;1-2/h7-9,11,14,18-20,24,38H,4-6,10,12-13,16-17H2,1-3H3,(H,37,43);1-2H3. The van der Waals surface area contributed by atoms with Crippen LogP contribution in [-0.2, 0) is 9.59 Å². The number of hydrogen-bond acceptors (Lipinski definition) is 8. The number of rotatable bonds is 13. The van der Waals surface area contributed by atoms with Crippen LogP contribution < -0.4 is 27.6 Å². The van der Waals surface area contributed by atoms with Gasteiger partial charge in [0.1, 0.15) is 12.4 Å². The lowest BCUT2D eigenvalue weighted by atomic mass is 10.2. The summed E-state index contributed by atoms with van der Waals surface area (Å²) >= 11 is 1.28. The maximum absolute atomic E-state index is 14.7. The predicted molar refractivity (Wildman–Crippen MR) is 195 cm³/mol. The second-order valence-corrected chi connectivity index (χ2v) is 12.7. The lowest BCUT2D eigenvalue weighted by molar-refractivity contribution is -0.125. The van der Waals surface area contributed by atoms with E-state index in [1.807, 2.05) is 19.9 Å². The Bertz CT molecular complexity index is 2110. The number of aryl methyl sites for hydroxylation is 2. The van der Waals surface area contributed by atoms with E-state index in [9.17, 15) is 28.4 Å². The maximum Gasteiger partial charge on any atom is 0.336 e. The van der Waals surface area contributed by atoms with E-state index < -0.39 is 22.6 Å². The third kappa shape index (κ3) is 8.52. The molecular weight excluding hydrogens is 662 g/mol. The molecule has 0 bridgehead atoms. The number of benzene rings is 2. The minimum atomic E-state index is -0.597. The second-order valence-electron chi connectivity index (χ2n) is 11.6. The Balaban J connectivity index is 0.00000276. The van der Waals surface area contributed by atoms with Gasteiger partial charge in [-0.2, -0.15) is 5.26 Å². The minimum Gasteiger partial charge on any atom is -0.326 e. The van der Waals surface area contributed by atoms with Gasteiger partial charge in [0.15, 0.2) is 0 Å². The Morgan fingerprint density at radius 2 is 1.80 bits per heavy atom. The van der Waals surface area contributed by atoms with Crippen molar-refractivity contribution in [1.29, 1.82) is 5.26 Å². The van der Waals surface area contributed by atoms with E-state index in [1.165, 1.54) is 50.6 Å². The Hall–Kier alpha value is -5.16. The van der Waals surface area contributed by atoms with Gasteiger partial charge in [0.25, 0.3) is 11.1 Å². The maximum atomic E-state index is 14.7. The molecule has 1 aliphatic rings. The first-order chi connectivity index (χ1) is 24.0. The first-order valence-corrected chi connectivity index (χ1v) is 17.7. The van der Waals surface area contributed by atoms with E-state index in [1.54, 1.807) is 44.2 Å². The number of nitriles is 1. The highest BCUT2D eigenvalue weighted by molar-refractivity contribution is 7.97. The number of unbranched alkanes of at least 4 members (excludes halogenated alkanes) is 1. The molecule has 1 fully saturated rings. The first kappa shape index (κ1) is 37.7. The van der Waals surface area contributed by atoms with Crippen LogP contribution in [-0.4, -0.2) is 42.2 Å². The first-order valence-electron chi connectivity index (χ1n) is 16.7. The van der Waals surface area contributed by atoms with Crippen molar-refractivity contribution in [3.8, 4) is 11.8 Å². The Morgan fingerprint density at radius 1 is 1.06 bits per heavy atom. The van der Waals surface area contributed by atoms with Crippen molar-refractivity contribution in [2.75, 3.05) is 23.0 Å². The number of amides is 2. The van der Waals surface area contributed by atoms with Gasteiger partial charge in [0.05, 0.1) is 28.3 Å². The van der Waals surface area contributed by atoms with Gasteiger partial charge < -0.3 is 5.32 Å². The van der Waals surface area contributed by atoms with Gasteiger partial charge in [-0.1, -0.05) is 32.9 Å². The summed E-state index contributed by atoms with van der Waals surface area (Å²) in [6, 6.07) is 12.8. The fraction of sp³-hybridized carbons (Fsp3) is 0.389. The molecule has 0 unspecified atom stereocenters. The summed E-state index contributed by atoms with van der Waals surface area (Å²) in [5, 5.41) is 11.9. The van der Waals surface area contributed by atoms with Gasteiger partial charge in [-0.15, -0.1) is 0 Å². The zero-order valence-corrected chi connectivity index (χ0v) is 29.7. The number of anilines is 2. The Morgan fingerprint density at radius 3 is 2.46 bits per heavy atom. The van der Waals surface area contributed by atoms with Crippen molar-refractivity contribution >= 4 is 46.0 Å². The summed E-state index contributed by atoms with van der Waals surface area (Å²) < 4.78 is 19.7. The zero-order valence-electron chi connectivity index (χ0n) is 28.9. The molecule has 0 saturated heterocycles. The van der Waals surface area contributed by atoms with Gasteiger partial charge in [-0.05, 0) is 87.4 Å². The molecule has 50 heavy (non-hydrogen) atoms. The van der Waals surface area contributed by atoms with Gasteiger partial charge in [-0.3, -0.25) is 38.0 Å². The van der Waals surface area contributed by atoms with Crippen LogP contribution in [0.4, 0.5) is 15.8 Å². The van der Waals surface area contributed by atoms with Crippen LogP contribution in [0.5, 0.6) is 0 Å². The average molecular weight is 704 g/mol. The van der Waals surface area contributed by atoms with E-state index in [0.717, 1.165) is 4.68 Å². The van der Waals surface area contributed by atoms with Crippen LogP contribution in [0.3, 0.4) is 0 Å². The molecule has 0 atom stereocenters. The summed E-state index contributed by atoms with van der Waals surface area (Å²) in [5.74, 6) is -0.346. The predicted octanol–water partition coefficient (Wildman–Crippen LogP) is 5.83. The van der Waals surface area contributed by atoms with Gasteiger partial charge in [-0.25, -0.2) is 13.9 Å². The number of halogens is 1. The van der Waals surface area contributed by atoms with Crippen molar-refractivity contribution in [2.24, 2.45) is 0 Å². The minimum absolute atomic E-state index is 0.00466. The summed E-state index contributed by atoms with van der Waals surface area (Å²) in [6.07, 6.45) is 4.35. The van der Waals surface area contributed by atoms with Crippen LogP contribution in [0.15, 0.2) is 63.0 Å². The van der Waals surface area contributed by atoms with Crippen molar-refractivity contribution in [3.63, 3.8) is 0 Å². The highest BCUT2D eigenvalue weighted by Gasteiger charge is 2.30. The van der Waals surface area contributed by atoms with E-state index in [-0.39, 0.29) is 53.0 Å². The fourth-order valence-corrected chi connectivity index (χ4v) is 6.35. The van der Waals surface area contributed by atoms with E-state index >= 15 is 0 Å². The monoisotopic (exact) mass is 703 g/mol. The highest BCUT2D eigenvalue weighted by atomic mass is 32.2. The summed E-state index contributed by atoms with van der Waals surface area (Å²) in [6.45, 7) is 8.99. The van der Waals surface area contributed by atoms with Crippen molar-refractivity contribution in [1.82, 2.24) is 18.1 Å². The number of aromatic nitrogens is 3. The largest absolute Gasteiger partial charge is 0.336 e. The number of pyridine rings is 1. The lowest BCUT2D eigenvalue weighted by Gasteiger charge is -2.18. The smallest absolute Gasteiger partial charge is 0.326 e. The lowest BCUT2D eigenvalue weighted by Crippen LogP contribution is -2.41. The molecule has 264 valence electrons. The topological polar surface area (TPSA) is 151 Å². The SMILES string of the molecule is CC.CCC(=O)N(CC#N)SCCCCC(=O)Nc1cccc(-n2c(=O)n(C3CC3)c(=O)c3cn(Nc4ccc(C)cc4F)c(=O)c(C)c32)c1. The van der Waals surface area contributed by atoms with Crippen LogP contribution in [0.2, 0.25) is 0 Å². The van der Waals surface area contributed by atoms with Crippen LogP contribution in [0.1, 0.15) is 76.5 Å².